The minimum Gasteiger partial charge on any atom is -0.396 e. The van der Waals surface area contributed by atoms with Crippen molar-refractivity contribution in [2.45, 2.75) is 33.6 Å². The molecule has 1 heterocycles. The second kappa shape index (κ2) is 8.35. The van der Waals surface area contributed by atoms with Crippen LogP contribution >= 0.6 is 0 Å². The number of nitrogens with zero attached hydrogens (tertiary/aromatic N) is 1. The van der Waals surface area contributed by atoms with Crippen LogP contribution in [0.2, 0.25) is 0 Å². The highest BCUT2D eigenvalue weighted by atomic mass is 15.0. The van der Waals surface area contributed by atoms with Gasteiger partial charge in [0, 0.05) is 12.7 Å². The lowest BCUT2D eigenvalue weighted by Gasteiger charge is -2.05. The molecular formula is C11H21N3. The van der Waals surface area contributed by atoms with Gasteiger partial charge in [-0.25, -0.2) is 4.98 Å². The highest BCUT2D eigenvalue weighted by Gasteiger charge is 1.95. The van der Waals surface area contributed by atoms with Crippen molar-refractivity contribution in [1.29, 1.82) is 0 Å². The lowest BCUT2D eigenvalue weighted by molar-refractivity contribution is 0.831. The van der Waals surface area contributed by atoms with E-state index in [1.807, 2.05) is 26.0 Å². The summed E-state index contributed by atoms with van der Waals surface area (Å²) in [6, 6.07) is 3.68. The molecule has 14 heavy (non-hydrogen) atoms. The summed E-state index contributed by atoms with van der Waals surface area (Å²) in [5.41, 5.74) is 6.39. The maximum Gasteiger partial charge on any atom is 0.149 e. The molecule has 3 nitrogen and oxygen atoms in total. The van der Waals surface area contributed by atoms with E-state index in [1.54, 1.807) is 6.20 Å². The third-order valence-corrected chi connectivity index (χ3v) is 1.66. The van der Waals surface area contributed by atoms with Gasteiger partial charge < -0.3 is 11.1 Å². The van der Waals surface area contributed by atoms with Crippen LogP contribution < -0.4 is 11.1 Å². The molecule has 1 rings (SSSR count). The summed E-state index contributed by atoms with van der Waals surface area (Å²) >= 11 is 0. The topological polar surface area (TPSA) is 50.9 Å². The average Bonchev–Trinajstić information content (AvgIpc) is 2.24. The predicted molar refractivity (Wildman–Crippen MR) is 63.4 cm³/mol. The average molecular weight is 195 g/mol. The number of nitrogens with two attached hydrogens (primary N) is 1. The van der Waals surface area contributed by atoms with Gasteiger partial charge in [0.1, 0.15) is 5.82 Å². The number of nitrogens with one attached hydrogen (secondary N) is 1. The van der Waals surface area contributed by atoms with E-state index in [1.165, 1.54) is 6.42 Å². The molecule has 0 aliphatic rings. The molecule has 0 aliphatic carbocycles. The maximum absolute atomic E-state index is 5.68. The summed E-state index contributed by atoms with van der Waals surface area (Å²) in [6.45, 7) is 7.10. The first-order valence-electron chi connectivity index (χ1n) is 5.29. The number of hydrogen-bond acceptors (Lipinski definition) is 3. The van der Waals surface area contributed by atoms with Crippen LogP contribution in [-0.4, -0.2) is 11.5 Å². The molecule has 0 aliphatic heterocycles. The minimum atomic E-state index is 0.716. The molecule has 0 unspecified atom stereocenters. The van der Waals surface area contributed by atoms with Crippen molar-refractivity contribution in [1.82, 2.24) is 4.98 Å². The lowest BCUT2D eigenvalue weighted by atomic mass is 10.3. The number of unbranched alkanes of at least 4 members (excludes halogenated alkanes) is 1. The smallest absolute Gasteiger partial charge is 0.149 e. The maximum atomic E-state index is 5.68. The minimum absolute atomic E-state index is 0.716. The molecule has 0 bridgehead atoms. The molecule has 0 amide bonds. The summed E-state index contributed by atoms with van der Waals surface area (Å²) in [4.78, 5) is 4.11. The van der Waals surface area contributed by atoms with Crippen LogP contribution in [0.25, 0.3) is 0 Å². The van der Waals surface area contributed by atoms with Gasteiger partial charge >= 0.3 is 0 Å². The van der Waals surface area contributed by atoms with E-state index in [4.69, 9.17) is 5.73 Å². The van der Waals surface area contributed by atoms with Gasteiger partial charge in [0.05, 0.1) is 5.69 Å². The third-order valence-electron chi connectivity index (χ3n) is 1.66. The molecule has 0 spiro atoms. The van der Waals surface area contributed by atoms with E-state index < -0.39 is 0 Å². The number of nitrogen functional groups attached to an aromatic ring is 1. The fraction of sp³-hybridized carbons (Fsp3) is 0.545. The van der Waals surface area contributed by atoms with Crippen LogP contribution in [0.1, 0.15) is 33.6 Å². The zero-order chi connectivity index (χ0) is 10.8. The van der Waals surface area contributed by atoms with Crippen molar-refractivity contribution in [2.24, 2.45) is 0 Å². The first-order valence-corrected chi connectivity index (χ1v) is 5.29. The normalized spacial score (nSPS) is 8.79. The monoisotopic (exact) mass is 195 g/mol. The van der Waals surface area contributed by atoms with E-state index in [9.17, 15) is 0 Å². The van der Waals surface area contributed by atoms with Gasteiger partial charge in [-0.1, -0.05) is 27.2 Å². The number of aromatic nitrogens is 1. The van der Waals surface area contributed by atoms with Gasteiger partial charge in [-0.15, -0.1) is 0 Å². The standard InChI is InChI=1S/C9H15N3.C2H6/c1-2-3-6-11-9-8(10)5-4-7-12-9;1-2/h4-5,7H,2-3,6,10H2,1H3,(H,11,12);1-2H3. The second-order valence-electron chi connectivity index (χ2n) is 2.72. The summed E-state index contributed by atoms with van der Waals surface area (Å²) in [6.07, 6.45) is 4.07. The number of rotatable bonds is 4. The number of anilines is 2. The Kier molecular flexibility index (Phi) is 7.61. The van der Waals surface area contributed by atoms with Crippen LogP contribution in [0.4, 0.5) is 11.5 Å². The molecule has 80 valence electrons. The zero-order valence-corrected chi connectivity index (χ0v) is 9.38. The molecular weight excluding hydrogens is 174 g/mol. The van der Waals surface area contributed by atoms with Crippen LogP contribution in [0, 0.1) is 0 Å². The van der Waals surface area contributed by atoms with Crippen LogP contribution in [0.5, 0.6) is 0 Å². The van der Waals surface area contributed by atoms with Crippen molar-refractivity contribution in [3.05, 3.63) is 18.3 Å². The van der Waals surface area contributed by atoms with Crippen molar-refractivity contribution in [3.8, 4) is 0 Å². The Morgan fingerprint density at radius 3 is 2.71 bits per heavy atom. The fourth-order valence-corrected chi connectivity index (χ4v) is 0.949. The summed E-state index contributed by atoms with van der Waals surface area (Å²) in [5, 5.41) is 3.18. The molecule has 0 saturated heterocycles. The lowest BCUT2D eigenvalue weighted by Crippen LogP contribution is -2.05. The summed E-state index contributed by atoms with van der Waals surface area (Å²) < 4.78 is 0. The molecule has 0 saturated carbocycles. The first-order chi connectivity index (χ1) is 6.84. The van der Waals surface area contributed by atoms with Gasteiger partial charge in [0.2, 0.25) is 0 Å². The Hall–Kier alpha value is -1.25. The predicted octanol–water partition coefficient (Wildman–Crippen LogP) is 2.90. The van der Waals surface area contributed by atoms with E-state index in [2.05, 4.69) is 17.2 Å². The van der Waals surface area contributed by atoms with Gasteiger partial charge in [-0.05, 0) is 18.6 Å². The van der Waals surface area contributed by atoms with E-state index in [0.29, 0.717) is 5.69 Å². The van der Waals surface area contributed by atoms with Crippen LogP contribution in [-0.2, 0) is 0 Å². The highest BCUT2D eigenvalue weighted by Crippen LogP contribution is 2.12. The van der Waals surface area contributed by atoms with Crippen molar-refractivity contribution >= 4 is 11.5 Å². The van der Waals surface area contributed by atoms with E-state index in [0.717, 1.165) is 18.8 Å². The molecule has 3 N–H and O–H groups in total. The first kappa shape index (κ1) is 12.8. The quantitative estimate of drug-likeness (QED) is 0.726. The molecule has 0 radical (unpaired) electrons. The second-order valence-corrected chi connectivity index (χ2v) is 2.72. The Morgan fingerprint density at radius 1 is 1.43 bits per heavy atom. The molecule has 3 heteroatoms. The molecule has 0 aromatic carbocycles. The molecule has 0 fully saturated rings. The SMILES string of the molecule is CC.CCCCNc1ncccc1N. The largest absolute Gasteiger partial charge is 0.396 e. The van der Waals surface area contributed by atoms with Gasteiger partial charge in [0.25, 0.3) is 0 Å². The molecule has 1 aromatic heterocycles. The summed E-state index contributed by atoms with van der Waals surface area (Å²) in [5.74, 6) is 0.797. The summed E-state index contributed by atoms with van der Waals surface area (Å²) in [7, 11) is 0. The highest BCUT2D eigenvalue weighted by molar-refractivity contribution is 5.60. The molecule has 1 aromatic rings. The Balaban J connectivity index is 0.000000791. The van der Waals surface area contributed by atoms with Gasteiger partial charge in [-0.3, -0.25) is 0 Å². The number of hydrogen-bond donors (Lipinski definition) is 2. The Labute approximate surface area is 86.7 Å². The number of pyridine rings is 1. The van der Waals surface area contributed by atoms with Crippen molar-refractivity contribution < 1.29 is 0 Å². The van der Waals surface area contributed by atoms with Gasteiger partial charge in [-0.2, -0.15) is 0 Å². The van der Waals surface area contributed by atoms with Crippen LogP contribution in [0.3, 0.4) is 0 Å². The van der Waals surface area contributed by atoms with E-state index in [-0.39, 0.29) is 0 Å². The third kappa shape index (κ3) is 4.70. The Morgan fingerprint density at radius 2 is 2.14 bits per heavy atom. The fourth-order valence-electron chi connectivity index (χ4n) is 0.949. The Bertz CT molecular complexity index is 236. The van der Waals surface area contributed by atoms with Crippen LogP contribution in [0.15, 0.2) is 18.3 Å². The van der Waals surface area contributed by atoms with Crippen molar-refractivity contribution in [3.63, 3.8) is 0 Å². The zero-order valence-electron chi connectivity index (χ0n) is 9.38. The van der Waals surface area contributed by atoms with Gasteiger partial charge in [0.15, 0.2) is 0 Å². The molecule has 0 atom stereocenters. The van der Waals surface area contributed by atoms with Crippen molar-refractivity contribution in [2.75, 3.05) is 17.6 Å². The van der Waals surface area contributed by atoms with E-state index >= 15 is 0 Å².